The van der Waals surface area contributed by atoms with E-state index in [1.165, 1.54) is 0 Å². The molecule has 1 radical (unpaired) electrons. The van der Waals surface area contributed by atoms with E-state index in [1.54, 1.807) is 24.3 Å². The highest BCUT2D eigenvalue weighted by Crippen LogP contribution is 2.16. The number of rotatable bonds is 3. The first-order chi connectivity index (χ1) is 5.38. The highest BCUT2D eigenvalue weighted by atomic mass is 16.5. The predicted octanol–water partition coefficient (Wildman–Crippen LogP) is 0.0842. The molecular weight excluding hydrogens is 143 g/mol. The average molecular weight is 151 g/mol. The summed E-state index contributed by atoms with van der Waals surface area (Å²) < 4.78 is 4.70. The van der Waals surface area contributed by atoms with Crippen LogP contribution in [0.2, 0.25) is 0 Å². The summed E-state index contributed by atoms with van der Waals surface area (Å²) in [5.74, 6) is 0.470. The van der Waals surface area contributed by atoms with Crippen LogP contribution < -0.4 is 4.65 Å². The Morgan fingerprint density at radius 2 is 2.09 bits per heavy atom. The molecule has 0 bridgehead atoms. The van der Waals surface area contributed by atoms with E-state index in [-0.39, 0.29) is 6.61 Å². The molecule has 1 aromatic carbocycles. The summed E-state index contributed by atoms with van der Waals surface area (Å²) in [5.41, 5.74) is 0.651. The van der Waals surface area contributed by atoms with E-state index in [2.05, 4.69) is 0 Å². The van der Waals surface area contributed by atoms with Gasteiger partial charge in [0.25, 0.3) is 0 Å². The van der Waals surface area contributed by atoms with E-state index in [4.69, 9.17) is 14.8 Å². The van der Waals surface area contributed by atoms with E-state index in [9.17, 15) is 0 Å². The van der Waals surface area contributed by atoms with Crippen molar-refractivity contribution in [3.05, 3.63) is 29.8 Å². The number of benzene rings is 1. The Morgan fingerprint density at radius 3 is 2.73 bits per heavy atom. The van der Waals surface area contributed by atoms with Gasteiger partial charge in [-0.25, -0.2) is 0 Å². The third-order valence-electron chi connectivity index (χ3n) is 1.32. The average Bonchev–Trinajstić information content (AvgIpc) is 2.06. The Hall–Kier alpha value is -0.995. The summed E-state index contributed by atoms with van der Waals surface area (Å²) in [6.07, 6.45) is 0. The highest BCUT2D eigenvalue weighted by Gasteiger charge is 1.99. The van der Waals surface area contributed by atoms with Crippen LogP contribution in [0, 0.1) is 0 Å². The lowest BCUT2D eigenvalue weighted by Gasteiger charge is -2.05. The third kappa shape index (κ3) is 1.96. The van der Waals surface area contributed by atoms with Crippen LogP contribution in [-0.4, -0.2) is 17.8 Å². The van der Waals surface area contributed by atoms with Crippen molar-refractivity contribution in [3.8, 4) is 5.75 Å². The van der Waals surface area contributed by atoms with Gasteiger partial charge in [0.1, 0.15) is 5.75 Å². The molecule has 0 aliphatic heterocycles. The van der Waals surface area contributed by atoms with Gasteiger partial charge in [0, 0.05) is 5.56 Å². The second-order valence-corrected chi connectivity index (χ2v) is 1.99. The van der Waals surface area contributed by atoms with Gasteiger partial charge in [-0.05, 0) is 6.07 Å². The standard InChI is InChI=1S/C7H8BO3/c9-5-6-3-1-2-4-7(6)11-8-10/h1-4,9-10H,5H2. The van der Waals surface area contributed by atoms with Crippen molar-refractivity contribution in [2.75, 3.05) is 0 Å². The predicted molar refractivity (Wildman–Crippen MR) is 41.0 cm³/mol. The number of hydrogen-bond donors (Lipinski definition) is 2. The monoisotopic (exact) mass is 151 g/mol. The van der Waals surface area contributed by atoms with Crippen molar-refractivity contribution in [1.82, 2.24) is 0 Å². The van der Waals surface area contributed by atoms with Gasteiger partial charge in [-0.3, -0.25) is 0 Å². The van der Waals surface area contributed by atoms with Gasteiger partial charge < -0.3 is 14.8 Å². The maximum absolute atomic E-state index is 8.77. The minimum Gasteiger partial charge on any atom is -0.537 e. The van der Waals surface area contributed by atoms with Crippen molar-refractivity contribution in [3.63, 3.8) is 0 Å². The zero-order chi connectivity index (χ0) is 8.10. The summed E-state index contributed by atoms with van der Waals surface area (Å²) in [6, 6.07) is 6.94. The van der Waals surface area contributed by atoms with Gasteiger partial charge in [-0.2, -0.15) is 0 Å². The van der Waals surface area contributed by atoms with Crippen LogP contribution in [0.5, 0.6) is 5.75 Å². The zero-order valence-electron chi connectivity index (χ0n) is 5.90. The quantitative estimate of drug-likeness (QED) is 0.601. The normalized spacial score (nSPS) is 9.27. The summed E-state index contributed by atoms with van der Waals surface area (Å²) in [6.45, 7) is -0.0932. The second kappa shape index (κ2) is 4.00. The molecule has 0 spiro atoms. The molecule has 0 aromatic heterocycles. The maximum Gasteiger partial charge on any atom is 0.569 e. The largest absolute Gasteiger partial charge is 0.569 e. The SMILES string of the molecule is O[B]Oc1ccccc1CO. The minimum absolute atomic E-state index is 0.0932. The fraction of sp³-hybridized carbons (Fsp3) is 0.143. The molecule has 57 valence electrons. The van der Waals surface area contributed by atoms with Gasteiger partial charge in [0.2, 0.25) is 0 Å². The third-order valence-corrected chi connectivity index (χ3v) is 1.32. The molecule has 0 saturated carbocycles. The Bertz CT molecular complexity index is 227. The van der Waals surface area contributed by atoms with Crippen LogP contribution in [-0.2, 0) is 6.61 Å². The van der Waals surface area contributed by atoms with E-state index in [0.29, 0.717) is 19.0 Å². The smallest absolute Gasteiger partial charge is 0.537 e. The lowest BCUT2D eigenvalue weighted by atomic mass is 10.2. The van der Waals surface area contributed by atoms with Gasteiger partial charge in [-0.1, -0.05) is 18.2 Å². The molecule has 0 atom stereocenters. The van der Waals surface area contributed by atoms with Gasteiger partial charge >= 0.3 is 7.69 Å². The molecule has 4 heteroatoms. The minimum atomic E-state index is -0.0932. The lowest BCUT2D eigenvalue weighted by molar-refractivity contribution is 0.277. The summed E-state index contributed by atoms with van der Waals surface area (Å²) >= 11 is 0. The van der Waals surface area contributed by atoms with Crippen LogP contribution in [0.15, 0.2) is 24.3 Å². The molecule has 1 rings (SSSR count). The summed E-state index contributed by atoms with van der Waals surface area (Å²) in [5, 5.41) is 17.1. The number of aliphatic hydroxyl groups is 1. The molecule has 1 aromatic rings. The molecule has 2 N–H and O–H groups in total. The van der Waals surface area contributed by atoms with E-state index < -0.39 is 0 Å². The number of aliphatic hydroxyl groups excluding tert-OH is 1. The van der Waals surface area contributed by atoms with Crippen LogP contribution in [0.25, 0.3) is 0 Å². The molecule has 0 amide bonds. The summed E-state index contributed by atoms with van der Waals surface area (Å²) in [7, 11) is 0.592. The first-order valence-corrected chi connectivity index (χ1v) is 3.20. The topological polar surface area (TPSA) is 49.7 Å². The molecule has 0 aliphatic carbocycles. The number of para-hydroxylation sites is 1. The van der Waals surface area contributed by atoms with Crippen LogP contribution in [0.4, 0.5) is 0 Å². The van der Waals surface area contributed by atoms with Crippen molar-refractivity contribution in [1.29, 1.82) is 0 Å². The molecule has 11 heavy (non-hydrogen) atoms. The zero-order valence-corrected chi connectivity index (χ0v) is 5.90. The van der Waals surface area contributed by atoms with Gasteiger partial charge in [-0.15, -0.1) is 0 Å². The Kier molecular flexibility index (Phi) is 2.95. The van der Waals surface area contributed by atoms with E-state index in [0.717, 1.165) is 0 Å². The van der Waals surface area contributed by atoms with Crippen molar-refractivity contribution < 1.29 is 14.8 Å². The van der Waals surface area contributed by atoms with Crippen molar-refractivity contribution >= 4 is 7.69 Å². The Balaban J connectivity index is 2.83. The number of hydrogen-bond acceptors (Lipinski definition) is 3. The van der Waals surface area contributed by atoms with Crippen LogP contribution in [0.1, 0.15) is 5.56 Å². The van der Waals surface area contributed by atoms with E-state index >= 15 is 0 Å². The second-order valence-electron chi connectivity index (χ2n) is 1.99. The fourth-order valence-corrected chi connectivity index (χ4v) is 0.806. The van der Waals surface area contributed by atoms with Crippen molar-refractivity contribution in [2.45, 2.75) is 6.61 Å². The van der Waals surface area contributed by atoms with Crippen LogP contribution >= 0.6 is 0 Å². The Labute approximate surface area is 65.6 Å². The highest BCUT2D eigenvalue weighted by molar-refractivity contribution is 6.17. The molecule has 0 unspecified atom stereocenters. The first-order valence-electron chi connectivity index (χ1n) is 3.20. The molecule has 0 aliphatic rings. The van der Waals surface area contributed by atoms with Gasteiger partial charge in [0.15, 0.2) is 0 Å². The van der Waals surface area contributed by atoms with Crippen LogP contribution in [0.3, 0.4) is 0 Å². The fourth-order valence-electron chi connectivity index (χ4n) is 0.806. The molecule has 0 saturated heterocycles. The van der Waals surface area contributed by atoms with Gasteiger partial charge in [0.05, 0.1) is 6.61 Å². The molecule has 0 fully saturated rings. The lowest BCUT2D eigenvalue weighted by Crippen LogP contribution is -2.02. The molecule has 3 nitrogen and oxygen atoms in total. The maximum atomic E-state index is 8.77. The molecule has 0 heterocycles. The molecular formula is C7H8BO3. The van der Waals surface area contributed by atoms with Crippen molar-refractivity contribution in [2.24, 2.45) is 0 Å². The Morgan fingerprint density at radius 1 is 1.36 bits per heavy atom. The van der Waals surface area contributed by atoms with E-state index in [1.807, 2.05) is 0 Å². The summed E-state index contributed by atoms with van der Waals surface area (Å²) in [4.78, 5) is 0. The first kappa shape index (κ1) is 8.10.